The van der Waals surface area contributed by atoms with Gasteiger partial charge in [-0.2, -0.15) is 39.5 Å². The molecule has 0 aliphatic carbocycles. The monoisotopic (exact) mass is 292 g/mol. The SMILES string of the molecule is O=COCCC(F)(F)C(F)(F)C(F)(F)C(F)(F)F. The molecule has 18 heavy (non-hydrogen) atoms. The Balaban J connectivity index is 5.16. The maximum Gasteiger partial charge on any atom is 0.460 e. The average Bonchev–Trinajstić information content (AvgIpc) is 2.15. The lowest BCUT2D eigenvalue weighted by Gasteiger charge is -2.33. The van der Waals surface area contributed by atoms with Gasteiger partial charge >= 0.3 is 23.9 Å². The Labute approximate surface area is 93.7 Å². The minimum Gasteiger partial charge on any atom is -0.468 e. The van der Waals surface area contributed by atoms with E-state index in [1.54, 1.807) is 0 Å². The second-order valence-corrected chi connectivity index (χ2v) is 3.07. The maximum absolute atomic E-state index is 12.6. The molecule has 0 heterocycles. The summed E-state index contributed by atoms with van der Waals surface area (Å²) in [6, 6.07) is 0. The number of carbonyl (C=O) groups is 1. The lowest BCUT2D eigenvalue weighted by atomic mass is 10.0. The lowest BCUT2D eigenvalue weighted by Crippen LogP contribution is -2.61. The molecule has 108 valence electrons. The van der Waals surface area contributed by atoms with E-state index in [0.29, 0.717) is 0 Å². The van der Waals surface area contributed by atoms with Crippen LogP contribution in [0.4, 0.5) is 39.5 Å². The van der Waals surface area contributed by atoms with Crippen molar-refractivity contribution < 1.29 is 49.0 Å². The molecule has 0 amide bonds. The van der Waals surface area contributed by atoms with E-state index in [1.165, 1.54) is 0 Å². The fourth-order valence-electron chi connectivity index (χ4n) is 0.800. The molecule has 0 unspecified atom stereocenters. The van der Waals surface area contributed by atoms with Crippen LogP contribution in [-0.4, -0.2) is 37.0 Å². The molecule has 2 nitrogen and oxygen atoms in total. The zero-order valence-corrected chi connectivity index (χ0v) is 8.21. The van der Waals surface area contributed by atoms with E-state index in [0.717, 1.165) is 0 Å². The molecule has 0 N–H and O–H groups in total. The van der Waals surface area contributed by atoms with Crippen molar-refractivity contribution in [2.45, 2.75) is 30.4 Å². The van der Waals surface area contributed by atoms with E-state index in [9.17, 15) is 44.3 Å². The van der Waals surface area contributed by atoms with Gasteiger partial charge in [0.2, 0.25) is 0 Å². The molecule has 0 radical (unpaired) electrons. The van der Waals surface area contributed by atoms with Crippen molar-refractivity contribution in [2.75, 3.05) is 6.61 Å². The van der Waals surface area contributed by atoms with E-state index in [4.69, 9.17) is 0 Å². The van der Waals surface area contributed by atoms with Gasteiger partial charge in [-0.1, -0.05) is 0 Å². The summed E-state index contributed by atoms with van der Waals surface area (Å²) in [4.78, 5) is 9.51. The average molecular weight is 292 g/mol. The summed E-state index contributed by atoms with van der Waals surface area (Å²) >= 11 is 0. The first-order valence-corrected chi connectivity index (χ1v) is 4.06. The van der Waals surface area contributed by atoms with Crippen LogP contribution in [0.2, 0.25) is 0 Å². The second-order valence-electron chi connectivity index (χ2n) is 3.07. The standard InChI is InChI=1S/C7H5F9O2/c8-4(9,1-2-18-3-17)5(10,11)6(12,13)7(14,15)16/h3H,1-2H2. The third kappa shape index (κ3) is 2.80. The third-order valence-corrected chi connectivity index (χ3v) is 1.81. The highest BCUT2D eigenvalue weighted by Gasteiger charge is 2.81. The van der Waals surface area contributed by atoms with Crippen LogP contribution in [0.5, 0.6) is 0 Å². The zero-order valence-electron chi connectivity index (χ0n) is 8.21. The third-order valence-electron chi connectivity index (χ3n) is 1.81. The Bertz CT molecular complexity index is 296. The predicted octanol–water partition coefficient (Wildman–Crippen LogP) is 3.02. The molecule has 0 saturated carbocycles. The van der Waals surface area contributed by atoms with Crippen molar-refractivity contribution in [3.05, 3.63) is 0 Å². The molecule has 0 fully saturated rings. The van der Waals surface area contributed by atoms with Crippen molar-refractivity contribution >= 4 is 6.47 Å². The number of hydrogen-bond donors (Lipinski definition) is 0. The smallest absolute Gasteiger partial charge is 0.460 e. The van der Waals surface area contributed by atoms with E-state index >= 15 is 0 Å². The topological polar surface area (TPSA) is 26.3 Å². The molecule has 0 aliphatic heterocycles. The van der Waals surface area contributed by atoms with Crippen LogP contribution in [0.3, 0.4) is 0 Å². The molecular formula is C7H5F9O2. The Morgan fingerprint density at radius 3 is 1.61 bits per heavy atom. The summed E-state index contributed by atoms with van der Waals surface area (Å²) < 4.78 is 113. The molecule has 11 heteroatoms. The van der Waals surface area contributed by atoms with Crippen LogP contribution in [0, 0.1) is 0 Å². The predicted molar refractivity (Wildman–Crippen MR) is 37.5 cm³/mol. The first-order valence-electron chi connectivity index (χ1n) is 4.06. The Kier molecular flexibility index (Phi) is 4.53. The Hall–Kier alpha value is -1.16. The normalized spacial score (nSPS) is 14.5. The van der Waals surface area contributed by atoms with E-state index in [1.807, 2.05) is 0 Å². The van der Waals surface area contributed by atoms with Crippen LogP contribution in [0.25, 0.3) is 0 Å². The van der Waals surface area contributed by atoms with Gasteiger partial charge < -0.3 is 4.74 Å². The quantitative estimate of drug-likeness (QED) is 0.427. The van der Waals surface area contributed by atoms with Crippen LogP contribution >= 0.6 is 0 Å². The maximum atomic E-state index is 12.6. The first-order chi connectivity index (χ1) is 7.81. The highest BCUT2D eigenvalue weighted by Crippen LogP contribution is 2.53. The summed E-state index contributed by atoms with van der Waals surface area (Å²) in [7, 11) is 0. The number of ether oxygens (including phenoxy) is 1. The van der Waals surface area contributed by atoms with Crippen LogP contribution in [0.1, 0.15) is 6.42 Å². The van der Waals surface area contributed by atoms with Crippen molar-refractivity contribution in [3.8, 4) is 0 Å². The number of halogens is 9. The summed E-state index contributed by atoms with van der Waals surface area (Å²) in [5, 5.41) is 0. The zero-order chi connectivity index (χ0) is 14.8. The number of alkyl halides is 9. The lowest BCUT2D eigenvalue weighted by molar-refractivity contribution is -0.397. The van der Waals surface area contributed by atoms with Gasteiger partial charge in [0.15, 0.2) is 0 Å². The fraction of sp³-hybridized carbons (Fsp3) is 0.857. The molecule has 0 aromatic rings. The van der Waals surface area contributed by atoms with Gasteiger partial charge in [0.25, 0.3) is 6.47 Å². The minimum absolute atomic E-state index is 0.448. The van der Waals surface area contributed by atoms with Gasteiger partial charge in [-0.05, 0) is 0 Å². The van der Waals surface area contributed by atoms with Crippen LogP contribution in [-0.2, 0) is 9.53 Å². The number of hydrogen-bond acceptors (Lipinski definition) is 2. The van der Waals surface area contributed by atoms with Gasteiger partial charge in [-0.15, -0.1) is 0 Å². The van der Waals surface area contributed by atoms with Gasteiger partial charge in [0, 0.05) is 0 Å². The molecular weight excluding hydrogens is 287 g/mol. The van der Waals surface area contributed by atoms with Crippen molar-refractivity contribution in [1.82, 2.24) is 0 Å². The second kappa shape index (κ2) is 4.84. The van der Waals surface area contributed by atoms with E-state index in [2.05, 4.69) is 4.74 Å². The molecule has 0 bridgehead atoms. The molecule has 0 aromatic carbocycles. The largest absolute Gasteiger partial charge is 0.468 e. The van der Waals surface area contributed by atoms with Crippen LogP contribution < -0.4 is 0 Å². The molecule has 0 atom stereocenters. The van der Waals surface area contributed by atoms with Gasteiger partial charge in [0.1, 0.15) is 0 Å². The minimum atomic E-state index is -6.91. The molecule has 0 spiro atoms. The summed E-state index contributed by atoms with van der Waals surface area (Å²) in [5.74, 6) is -19.3. The van der Waals surface area contributed by atoms with E-state index in [-0.39, 0.29) is 0 Å². The number of carbonyl (C=O) groups excluding carboxylic acids is 1. The Morgan fingerprint density at radius 2 is 1.28 bits per heavy atom. The molecule has 0 rings (SSSR count). The molecule has 0 aromatic heterocycles. The summed E-state index contributed by atoms with van der Waals surface area (Å²) in [6.07, 6.45) is -9.02. The number of rotatable bonds is 6. The van der Waals surface area contributed by atoms with Crippen molar-refractivity contribution in [1.29, 1.82) is 0 Å². The highest BCUT2D eigenvalue weighted by atomic mass is 19.4. The first kappa shape index (κ1) is 16.8. The van der Waals surface area contributed by atoms with Crippen LogP contribution in [0.15, 0.2) is 0 Å². The summed E-state index contributed by atoms with van der Waals surface area (Å²) in [5.41, 5.74) is 0. The highest BCUT2D eigenvalue weighted by molar-refractivity contribution is 5.36. The molecule has 0 saturated heterocycles. The van der Waals surface area contributed by atoms with Crippen molar-refractivity contribution in [2.24, 2.45) is 0 Å². The Morgan fingerprint density at radius 1 is 0.833 bits per heavy atom. The van der Waals surface area contributed by atoms with Gasteiger partial charge in [0.05, 0.1) is 13.0 Å². The van der Waals surface area contributed by atoms with Gasteiger partial charge in [-0.3, -0.25) is 4.79 Å². The van der Waals surface area contributed by atoms with E-state index < -0.39 is 43.4 Å². The van der Waals surface area contributed by atoms with Crippen molar-refractivity contribution in [3.63, 3.8) is 0 Å². The summed E-state index contributed by atoms with van der Waals surface area (Å²) in [6.45, 7) is -1.88. The molecule has 0 aliphatic rings. The van der Waals surface area contributed by atoms with Gasteiger partial charge in [-0.25, -0.2) is 0 Å². The fourth-order valence-corrected chi connectivity index (χ4v) is 0.800.